The van der Waals surface area contributed by atoms with Gasteiger partial charge in [0.05, 0.1) is 32.0 Å². The summed E-state index contributed by atoms with van der Waals surface area (Å²) in [5, 5.41) is 10.5. The van der Waals surface area contributed by atoms with Crippen molar-refractivity contribution < 1.29 is 49.9 Å². The van der Waals surface area contributed by atoms with E-state index in [1.165, 1.54) is 45.2 Å². The summed E-state index contributed by atoms with van der Waals surface area (Å²) in [6.45, 7) is 2.27. The molecule has 2 N–H and O–H groups in total. The van der Waals surface area contributed by atoms with E-state index in [0.29, 0.717) is 5.75 Å². The predicted molar refractivity (Wildman–Crippen MR) is 110 cm³/mol. The van der Waals surface area contributed by atoms with Crippen LogP contribution in [0.2, 0.25) is 0 Å². The van der Waals surface area contributed by atoms with Crippen molar-refractivity contribution in [2.45, 2.75) is 48.9 Å². The number of ether oxygens (including phenoxy) is 4. The van der Waals surface area contributed by atoms with Gasteiger partial charge in [0.25, 0.3) is 10.1 Å². The van der Waals surface area contributed by atoms with Crippen molar-refractivity contribution in [2.75, 3.05) is 27.1 Å². The van der Waals surface area contributed by atoms with Crippen LogP contribution in [-0.4, -0.2) is 85.1 Å². The first kappa shape index (κ1) is 26.4. The van der Waals surface area contributed by atoms with Gasteiger partial charge in [-0.05, 0) is 38.1 Å². The average molecular weight is 498 g/mol. The van der Waals surface area contributed by atoms with Gasteiger partial charge in [-0.25, -0.2) is 8.42 Å². The zero-order valence-corrected chi connectivity index (χ0v) is 19.8. The Kier molecular flexibility index (Phi) is 8.25. The zero-order valence-electron chi connectivity index (χ0n) is 18.2. The topological polar surface area (TPSA) is 164 Å². The summed E-state index contributed by atoms with van der Waals surface area (Å²) >= 11 is 0. The van der Waals surface area contributed by atoms with Crippen LogP contribution in [0.1, 0.15) is 13.8 Å². The molecule has 1 aliphatic rings. The lowest BCUT2D eigenvalue weighted by molar-refractivity contribution is -0.161. The van der Waals surface area contributed by atoms with Gasteiger partial charge in [0.1, 0.15) is 30.1 Å². The molecule has 12 nitrogen and oxygen atoms in total. The monoisotopic (exact) mass is 497 g/mol. The largest absolute Gasteiger partial charge is 0.497 e. The lowest BCUT2D eigenvalue weighted by Crippen LogP contribution is -2.55. The van der Waals surface area contributed by atoms with E-state index in [1.54, 1.807) is 0 Å². The predicted octanol–water partition coefficient (Wildman–Crippen LogP) is -0.628. The summed E-state index contributed by atoms with van der Waals surface area (Å²) in [7, 11) is -5.65. The van der Waals surface area contributed by atoms with Crippen molar-refractivity contribution in [1.29, 1.82) is 0 Å². The molecule has 0 saturated carbocycles. The molecule has 0 radical (unpaired) electrons. The van der Waals surface area contributed by atoms with Gasteiger partial charge in [0, 0.05) is 0 Å². The number of carbonyl (C=O) groups excluding carboxylic acids is 1. The average Bonchev–Trinajstić information content (AvgIpc) is 3.04. The summed E-state index contributed by atoms with van der Waals surface area (Å²) in [6.07, 6.45) is -3.47. The van der Waals surface area contributed by atoms with Crippen LogP contribution in [0.3, 0.4) is 0 Å². The number of sulfonamides is 1. The molecule has 0 unspecified atom stereocenters. The number of rotatable bonds is 10. The van der Waals surface area contributed by atoms with E-state index < -0.39 is 62.9 Å². The van der Waals surface area contributed by atoms with Crippen LogP contribution in [0.25, 0.3) is 0 Å². The highest BCUT2D eigenvalue weighted by Gasteiger charge is 2.52. The molecule has 1 fully saturated rings. The third-order valence-electron chi connectivity index (χ3n) is 4.43. The van der Waals surface area contributed by atoms with Crippen LogP contribution in [0, 0.1) is 0 Å². The van der Waals surface area contributed by atoms with Gasteiger partial charge in [-0.2, -0.15) is 13.1 Å². The number of nitrogens with one attached hydrogen (secondary N) is 1. The molecule has 1 heterocycles. The molecule has 32 heavy (non-hydrogen) atoms. The van der Waals surface area contributed by atoms with E-state index in [2.05, 4.69) is 8.91 Å². The Bertz CT molecular complexity index is 1010. The number of aliphatic hydroxyl groups is 1. The maximum atomic E-state index is 12.9. The van der Waals surface area contributed by atoms with Gasteiger partial charge in [-0.1, -0.05) is 0 Å². The first-order valence-corrected chi connectivity index (χ1v) is 12.6. The Balaban J connectivity index is 2.35. The summed E-state index contributed by atoms with van der Waals surface area (Å²) < 4.78 is 76.1. The molecular formula is C18H27NO11S2. The molecule has 1 saturated heterocycles. The second kappa shape index (κ2) is 9.99. The maximum Gasteiger partial charge on any atom is 0.326 e. The molecule has 0 amide bonds. The van der Waals surface area contributed by atoms with Crippen molar-refractivity contribution in [3.8, 4) is 5.75 Å². The number of hydrogen-bond acceptors (Lipinski definition) is 11. The molecule has 2 rings (SSSR count). The first-order valence-electron chi connectivity index (χ1n) is 9.31. The van der Waals surface area contributed by atoms with Crippen LogP contribution in [-0.2, 0) is 43.3 Å². The molecule has 0 spiro atoms. The summed E-state index contributed by atoms with van der Waals surface area (Å²) in [4.78, 5) is 12.3. The fourth-order valence-corrected chi connectivity index (χ4v) is 4.61. The van der Waals surface area contributed by atoms with E-state index in [0.717, 1.165) is 13.4 Å². The smallest absolute Gasteiger partial charge is 0.326 e. The number of carbonyl (C=O) groups is 1. The minimum absolute atomic E-state index is 0.164. The normalized spacial score (nSPS) is 22.8. The highest BCUT2D eigenvalue weighted by Crippen LogP contribution is 2.33. The first-order chi connectivity index (χ1) is 14.7. The number of aliphatic hydroxyl groups excluding tert-OH is 1. The molecule has 1 aromatic carbocycles. The fourth-order valence-electron chi connectivity index (χ4n) is 3.03. The van der Waals surface area contributed by atoms with E-state index in [4.69, 9.17) is 18.9 Å². The number of esters is 1. The van der Waals surface area contributed by atoms with E-state index in [-0.39, 0.29) is 4.90 Å². The van der Waals surface area contributed by atoms with Crippen LogP contribution < -0.4 is 9.46 Å². The van der Waals surface area contributed by atoms with Gasteiger partial charge in [-0.3, -0.25) is 8.98 Å². The number of methoxy groups -OCH3 is 2. The molecule has 4 atom stereocenters. The van der Waals surface area contributed by atoms with Crippen LogP contribution in [0.4, 0.5) is 0 Å². The van der Waals surface area contributed by atoms with E-state index in [1.807, 2.05) is 0 Å². The Labute approximate surface area is 186 Å². The Morgan fingerprint density at radius 2 is 1.69 bits per heavy atom. The number of hydrogen-bond donors (Lipinski definition) is 2. The fraction of sp³-hybridized carbons (Fsp3) is 0.611. The molecule has 0 aliphatic carbocycles. The Morgan fingerprint density at radius 3 is 2.19 bits per heavy atom. The quantitative estimate of drug-likeness (QED) is 0.312. The SMILES string of the molecule is COC(=O)[C@H](NS(=O)(=O)c1ccc(OC)cc1)[C@@H]1OC(C)(C)O[C@H]1[C@H](O)COS(C)(=O)=O. The highest BCUT2D eigenvalue weighted by molar-refractivity contribution is 7.89. The second-order valence-electron chi connectivity index (χ2n) is 7.42. The third-order valence-corrected chi connectivity index (χ3v) is 6.45. The Morgan fingerprint density at radius 1 is 1.12 bits per heavy atom. The van der Waals surface area contributed by atoms with Gasteiger partial charge in [-0.15, -0.1) is 0 Å². The van der Waals surface area contributed by atoms with Crippen molar-refractivity contribution in [2.24, 2.45) is 0 Å². The van der Waals surface area contributed by atoms with Crippen LogP contribution >= 0.6 is 0 Å². The van der Waals surface area contributed by atoms with Crippen LogP contribution in [0.15, 0.2) is 29.2 Å². The van der Waals surface area contributed by atoms with Crippen molar-refractivity contribution in [3.63, 3.8) is 0 Å². The van der Waals surface area contributed by atoms with Gasteiger partial charge >= 0.3 is 5.97 Å². The molecule has 14 heteroatoms. The zero-order chi connectivity index (χ0) is 24.3. The highest BCUT2D eigenvalue weighted by atomic mass is 32.2. The Hall–Kier alpha value is -1.81. The molecule has 0 bridgehead atoms. The second-order valence-corrected chi connectivity index (χ2v) is 10.8. The van der Waals surface area contributed by atoms with Crippen molar-refractivity contribution in [1.82, 2.24) is 4.72 Å². The molecular weight excluding hydrogens is 470 g/mol. The van der Waals surface area contributed by atoms with E-state index in [9.17, 15) is 26.7 Å². The lowest BCUT2D eigenvalue weighted by Gasteiger charge is -2.27. The van der Waals surface area contributed by atoms with Gasteiger partial charge in [0.2, 0.25) is 10.0 Å². The van der Waals surface area contributed by atoms with E-state index >= 15 is 0 Å². The third kappa shape index (κ3) is 6.84. The van der Waals surface area contributed by atoms with Gasteiger partial charge < -0.3 is 24.1 Å². The summed E-state index contributed by atoms with van der Waals surface area (Å²) in [5.74, 6) is -1.91. The van der Waals surface area contributed by atoms with Gasteiger partial charge in [0.15, 0.2) is 5.79 Å². The lowest BCUT2D eigenvalue weighted by atomic mass is 10.0. The standard InChI is InChI=1S/C18H27NO11S2/c1-18(2)29-15(13(20)10-28-31(5,22)23)16(30-18)14(17(21)27-4)19-32(24,25)12-8-6-11(26-3)7-9-12/h6-9,13-16,19-20H,10H2,1-5H3/t13-,14-,15+,16+/m1/s1. The molecule has 0 aromatic heterocycles. The minimum Gasteiger partial charge on any atom is -0.497 e. The van der Waals surface area contributed by atoms with Crippen LogP contribution in [0.5, 0.6) is 5.75 Å². The maximum absolute atomic E-state index is 12.9. The molecule has 1 aliphatic heterocycles. The summed E-state index contributed by atoms with van der Waals surface area (Å²) in [5.41, 5.74) is 0. The number of benzene rings is 1. The van der Waals surface area contributed by atoms with Crippen molar-refractivity contribution >= 4 is 26.1 Å². The summed E-state index contributed by atoms with van der Waals surface area (Å²) in [6, 6.07) is 3.77. The minimum atomic E-state index is -4.25. The van der Waals surface area contributed by atoms with Crippen molar-refractivity contribution in [3.05, 3.63) is 24.3 Å². The molecule has 182 valence electrons. The molecule has 1 aromatic rings.